The summed E-state index contributed by atoms with van der Waals surface area (Å²) in [5, 5.41) is 0. The van der Waals surface area contributed by atoms with Crippen molar-refractivity contribution < 1.29 is 8.42 Å². The van der Waals surface area contributed by atoms with E-state index in [1.54, 1.807) is 23.9 Å². The number of nitrogens with zero attached hydrogens (tertiary/aromatic N) is 2. The minimum Gasteiger partial charge on any atom is -0.330 e. The molecule has 5 nitrogen and oxygen atoms in total. The minimum absolute atomic E-state index is 0.188. The third kappa shape index (κ3) is 2.84. The summed E-state index contributed by atoms with van der Waals surface area (Å²) in [7, 11) is -1.43. The largest absolute Gasteiger partial charge is 0.330 e. The molecule has 0 spiro atoms. The number of imidazole rings is 1. The lowest BCUT2D eigenvalue weighted by Gasteiger charge is -2.10. The molecule has 1 unspecified atom stereocenters. The van der Waals surface area contributed by atoms with Gasteiger partial charge in [-0.1, -0.05) is 6.07 Å². The molecular weight excluding hydrogens is 294 g/mol. The van der Waals surface area contributed by atoms with Crippen LogP contribution in [0.2, 0.25) is 0 Å². The van der Waals surface area contributed by atoms with Crippen LogP contribution in [-0.4, -0.2) is 36.2 Å². The van der Waals surface area contributed by atoms with Crippen LogP contribution in [-0.2, 0) is 16.9 Å². The number of fused-ring (bicyclic) bond motifs is 1. The molecule has 2 rings (SSSR count). The number of thioether (sulfide) groups is 1. The quantitative estimate of drug-likeness (QED) is 0.909. The summed E-state index contributed by atoms with van der Waals surface area (Å²) in [4.78, 5) is 4.74. The standard InChI is InChI=1S/C13H19N3O2S2/c1-16-10-5-4-6-11(20(3,17)18)12(10)15-13(16)9(14)7-8-19-2/h4-6,9H,7-8,14H2,1-3H3. The summed E-state index contributed by atoms with van der Waals surface area (Å²) in [5.41, 5.74) is 7.46. The van der Waals surface area contributed by atoms with E-state index in [1.165, 1.54) is 6.26 Å². The van der Waals surface area contributed by atoms with E-state index in [0.29, 0.717) is 5.52 Å². The van der Waals surface area contributed by atoms with Crippen LogP contribution in [0.1, 0.15) is 18.3 Å². The SMILES string of the molecule is CSCCC(N)c1nc2c(S(C)(=O)=O)cccc2n1C. The Bertz CT molecular complexity index is 723. The zero-order chi connectivity index (χ0) is 14.9. The number of hydrogen-bond donors (Lipinski definition) is 1. The third-order valence-corrected chi connectivity index (χ3v) is 5.05. The molecule has 0 amide bonds. The highest BCUT2D eigenvalue weighted by atomic mass is 32.2. The molecule has 2 N–H and O–H groups in total. The Morgan fingerprint density at radius 2 is 2.15 bits per heavy atom. The second-order valence-corrected chi connectivity index (χ2v) is 7.78. The van der Waals surface area contributed by atoms with E-state index >= 15 is 0 Å². The summed E-state index contributed by atoms with van der Waals surface area (Å²) in [5.74, 6) is 1.67. The number of benzene rings is 1. The lowest BCUT2D eigenvalue weighted by molar-refractivity contribution is 0.602. The predicted molar refractivity (Wildman–Crippen MR) is 83.8 cm³/mol. The van der Waals surface area contributed by atoms with Crippen LogP contribution in [0.5, 0.6) is 0 Å². The molecule has 0 saturated carbocycles. The Hall–Kier alpha value is -1.05. The molecule has 110 valence electrons. The summed E-state index contributed by atoms with van der Waals surface area (Å²) < 4.78 is 25.5. The predicted octanol–water partition coefficient (Wildman–Crippen LogP) is 1.73. The van der Waals surface area contributed by atoms with Crippen LogP contribution in [0, 0.1) is 0 Å². The maximum atomic E-state index is 11.8. The molecule has 1 aromatic carbocycles. The molecule has 20 heavy (non-hydrogen) atoms. The summed E-state index contributed by atoms with van der Waals surface area (Å²) in [6.07, 6.45) is 4.04. The van der Waals surface area contributed by atoms with Crippen molar-refractivity contribution in [1.82, 2.24) is 9.55 Å². The van der Waals surface area contributed by atoms with Crippen LogP contribution in [0.3, 0.4) is 0 Å². The van der Waals surface area contributed by atoms with Crippen LogP contribution < -0.4 is 5.73 Å². The fraction of sp³-hybridized carbons (Fsp3) is 0.462. The number of nitrogens with two attached hydrogens (primary N) is 1. The number of aromatic nitrogens is 2. The average Bonchev–Trinajstić information content (AvgIpc) is 2.72. The molecule has 0 bridgehead atoms. The van der Waals surface area contributed by atoms with Gasteiger partial charge in [-0.15, -0.1) is 0 Å². The molecule has 2 aromatic rings. The Kier molecular flexibility index (Phi) is 4.41. The first-order chi connectivity index (χ1) is 9.36. The Labute approximate surface area is 123 Å². The van der Waals surface area contributed by atoms with E-state index in [2.05, 4.69) is 4.98 Å². The molecule has 1 heterocycles. The Balaban J connectivity index is 2.58. The first-order valence-electron chi connectivity index (χ1n) is 6.26. The number of hydrogen-bond acceptors (Lipinski definition) is 5. The lowest BCUT2D eigenvalue weighted by Crippen LogP contribution is -2.16. The monoisotopic (exact) mass is 313 g/mol. The number of rotatable bonds is 5. The molecule has 1 aromatic heterocycles. The molecule has 0 aliphatic carbocycles. The van der Waals surface area contributed by atoms with Gasteiger partial charge >= 0.3 is 0 Å². The maximum absolute atomic E-state index is 11.8. The maximum Gasteiger partial charge on any atom is 0.177 e. The fourth-order valence-corrected chi connectivity index (χ4v) is 3.53. The Morgan fingerprint density at radius 1 is 1.45 bits per heavy atom. The van der Waals surface area contributed by atoms with Crippen LogP contribution in [0.25, 0.3) is 11.0 Å². The van der Waals surface area contributed by atoms with Crippen molar-refractivity contribution in [3.05, 3.63) is 24.0 Å². The molecule has 0 radical (unpaired) electrons. The second kappa shape index (κ2) is 5.75. The highest BCUT2D eigenvalue weighted by Gasteiger charge is 2.20. The fourth-order valence-electron chi connectivity index (χ4n) is 2.21. The van der Waals surface area contributed by atoms with E-state index in [1.807, 2.05) is 23.9 Å². The van der Waals surface area contributed by atoms with Crippen molar-refractivity contribution in [2.45, 2.75) is 17.4 Å². The van der Waals surface area contributed by atoms with E-state index in [0.717, 1.165) is 23.5 Å². The number of para-hydroxylation sites is 1. The van der Waals surface area contributed by atoms with Gasteiger partial charge in [-0.25, -0.2) is 13.4 Å². The van der Waals surface area contributed by atoms with Gasteiger partial charge < -0.3 is 10.3 Å². The summed E-state index contributed by atoms with van der Waals surface area (Å²) >= 11 is 1.73. The normalized spacial score (nSPS) is 13.8. The van der Waals surface area contributed by atoms with Gasteiger partial charge in [-0.05, 0) is 30.6 Å². The minimum atomic E-state index is -3.30. The van der Waals surface area contributed by atoms with Gasteiger partial charge in [0.1, 0.15) is 11.3 Å². The summed E-state index contributed by atoms with van der Waals surface area (Å²) in [6, 6.07) is 4.99. The molecular formula is C13H19N3O2S2. The van der Waals surface area contributed by atoms with Crippen LogP contribution >= 0.6 is 11.8 Å². The lowest BCUT2D eigenvalue weighted by atomic mass is 10.2. The molecule has 0 fully saturated rings. The zero-order valence-corrected chi connectivity index (χ0v) is 13.5. The van der Waals surface area contributed by atoms with Crippen molar-refractivity contribution in [3.8, 4) is 0 Å². The molecule has 0 aliphatic rings. The molecule has 0 saturated heterocycles. The number of aryl methyl sites for hydroxylation is 1. The second-order valence-electron chi connectivity index (χ2n) is 4.81. The number of sulfone groups is 1. The average molecular weight is 313 g/mol. The smallest absolute Gasteiger partial charge is 0.177 e. The van der Waals surface area contributed by atoms with E-state index in [4.69, 9.17) is 5.73 Å². The first kappa shape index (κ1) is 15.3. The van der Waals surface area contributed by atoms with E-state index in [-0.39, 0.29) is 10.9 Å². The highest BCUT2D eigenvalue weighted by Crippen LogP contribution is 2.26. The molecule has 0 aliphatic heterocycles. The van der Waals surface area contributed by atoms with Crippen molar-refractivity contribution in [2.75, 3.05) is 18.3 Å². The van der Waals surface area contributed by atoms with Gasteiger partial charge in [0.2, 0.25) is 0 Å². The first-order valence-corrected chi connectivity index (χ1v) is 9.54. The van der Waals surface area contributed by atoms with Gasteiger partial charge in [-0.3, -0.25) is 0 Å². The van der Waals surface area contributed by atoms with Crippen molar-refractivity contribution >= 4 is 32.6 Å². The van der Waals surface area contributed by atoms with Gasteiger partial charge in [0, 0.05) is 13.3 Å². The van der Waals surface area contributed by atoms with Crippen LogP contribution in [0.15, 0.2) is 23.1 Å². The van der Waals surface area contributed by atoms with Crippen molar-refractivity contribution in [1.29, 1.82) is 0 Å². The van der Waals surface area contributed by atoms with E-state index < -0.39 is 9.84 Å². The third-order valence-electron chi connectivity index (χ3n) is 3.27. The van der Waals surface area contributed by atoms with Gasteiger partial charge in [-0.2, -0.15) is 11.8 Å². The Morgan fingerprint density at radius 3 is 2.75 bits per heavy atom. The molecule has 1 atom stereocenters. The van der Waals surface area contributed by atoms with Crippen LogP contribution in [0.4, 0.5) is 0 Å². The van der Waals surface area contributed by atoms with Crippen molar-refractivity contribution in [2.24, 2.45) is 12.8 Å². The topological polar surface area (TPSA) is 78.0 Å². The highest BCUT2D eigenvalue weighted by molar-refractivity contribution is 7.98. The van der Waals surface area contributed by atoms with E-state index in [9.17, 15) is 8.42 Å². The van der Waals surface area contributed by atoms with Crippen molar-refractivity contribution in [3.63, 3.8) is 0 Å². The summed E-state index contributed by atoms with van der Waals surface area (Å²) in [6.45, 7) is 0. The van der Waals surface area contributed by atoms with Gasteiger partial charge in [0.15, 0.2) is 9.84 Å². The van der Waals surface area contributed by atoms with Gasteiger partial charge in [0.05, 0.1) is 16.5 Å². The molecule has 7 heteroatoms. The van der Waals surface area contributed by atoms with Gasteiger partial charge in [0.25, 0.3) is 0 Å². The zero-order valence-electron chi connectivity index (χ0n) is 11.8.